The molecule has 1 aromatic carbocycles. The van der Waals surface area contributed by atoms with Crippen LogP contribution < -0.4 is 4.90 Å². The minimum atomic E-state index is -4.58. The van der Waals surface area contributed by atoms with E-state index in [0.29, 0.717) is 0 Å². The molecule has 2 rings (SSSR count). The molecule has 0 radical (unpaired) electrons. The van der Waals surface area contributed by atoms with Crippen molar-refractivity contribution in [1.82, 2.24) is 0 Å². The van der Waals surface area contributed by atoms with Crippen LogP contribution in [0.2, 0.25) is 5.02 Å². The van der Waals surface area contributed by atoms with Gasteiger partial charge in [0.05, 0.1) is 42.7 Å². The third kappa shape index (κ3) is 4.07. The zero-order chi connectivity index (χ0) is 19.6. The number of carbonyl (C=O) groups is 2. The fourth-order valence-electron chi connectivity index (χ4n) is 2.31. The van der Waals surface area contributed by atoms with Gasteiger partial charge in [0.25, 0.3) is 0 Å². The second kappa shape index (κ2) is 8.01. The molecule has 1 aliphatic rings. The predicted molar refractivity (Wildman–Crippen MR) is 93.5 cm³/mol. The van der Waals surface area contributed by atoms with Gasteiger partial charge in [0.1, 0.15) is 12.4 Å². The maximum absolute atomic E-state index is 13.0. The van der Waals surface area contributed by atoms with Gasteiger partial charge in [0.15, 0.2) is 0 Å². The monoisotopic (exact) mass is 505 g/mol. The van der Waals surface area contributed by atoms with E-state index in [1.54, 1.807) is 22.6 Å². The molecule has 0 saturated heterocycles. The van der Waals surface area contributed by atoms with Crippen molar-refractivity contribution >= 4 is 51.8 Å². The van der Waals surface area contributed by atoms with Crippen molar-refractivity contribution < 1.29 is 37.0 Å². The first-order valence-corrected chi connectivity index (χ1v) is 8.38. The summed E-state index contributed by atoms with van der Waals surface area (Å²) < 4.78 is 53.6. The molecule has 1 aromatic rings. The van der Waals surface area contributed by atoms with Gasteiger partial charge in [0.2, 0.25) is 0 Å². The standard InChI is InChI=1S/C15H12ClF3INO5/c1-24-13(22)8-5-26-6-21(11(8)14(23)25-2)12-9(16)3-7(4-10(12)20)15(17,18)19/h3-4H,5-6H2,1-2H3. The average molecular weight is 506 g/mol. The van der Waals surface area contributed by atoms with E-state index in [0.717, 1.165) is 26.4 Å². The van der Waals surface area contributed by atoms with Crippen molar-refractivity contribution in [3.63, 3.8) is 0 Å². The first-order chi connectivity index (χ1) is 12.1. The Hall–Kier alpha value is -1.53. The molecule has 0 unspecified atom stereocenters. The molecule has 0 atom stereocenters. The number of rotatable bonds is 3. The molecular weight excluding hydrogens is 494 g/mol. The zero-order valence-corrected chi connectivity index (χ0v) is 16.4. The zero-order valence-electron chi connectivity index (χ0n) is 13.4. The summed E-state index contributed by atoms with van der Waals surface area (Å²) >= 11 is 7.72. The highest BCUT2D eigenvalue weighted by atomic mass is 127. The highest BCUT2D eigenvalue weighted by molar-refractivity contribution is 14.1. The number of carbonyl (C=O) groups excluding carboxylic acids is 2. The molecule has 0 amide bonds. The van der Waals surface area contributed by atoms with Gasteiger partial charge >= 0.3 is 18.1 Å². The molecule has 11 heteroatoms. The van der Waals surface area contributed by atoms with Crippen molar-refractivity contribution in [3.05, 3.63) is 37.6 Å². The Kier molecular flexibility index (Phi) is 6.40. The number of methoxy groups -OCH3 is 2. The molecule has 26 heavy (non-hydrogen) atoms. The number of alkyl halides is 3. The molecule has 1 heterocycles. The van der Waals surface area contributed by atoms with Crippen molar-refractivity contribution in [2.75, 3.05) is 32.5 Å². The Balaban J connectivity index is 2.66. The largest absolute Gasteiger partial charge is 0.466 e. The normalized spacial score (nSPS) is 15.1. The summed E-state index contributed by atoms with van der Waals surface area (Å²) in [5.41, 5.74) is -1.19. The van der Waals surface area contributed by atoms with Gasteiger partial charge in [-0.15, -0.1) is 0 Å². The third-order valence-electron chi connectivity index (χ3n) is 3.45. The van der Waals surface area contributed by atoms with Crippen LogP contribution in [0.4, 0.5) is 18.9 Å². The lowest BCUT2D eigenvalue weighted by atomic mass is 10.1. The lowest BCUT2D eigenvalue weighted by Gasteiger charge is -2.32. The predicted octanol–water partition coefficient (Wildman–Crippen LogP) is 3.36. The minimum absolute atomic E-state index is 0.0850. The summed E-state index contributed by atoms with van der Waals surface area (Å²) in [5, 5.41) is -0.264. The molecule has 1 aliphatic heterocycles. The smallest absolute Gasteiger partial charge is 0.416 e. The van der Waals surface area contributed by atoms with E-state index in [2.05, 4.69) is 4.74 Å². The van der Waals surface area contributed by atoms with Gasteiger partial charge in [-0.1, -0.05) is 11.6 Å². The third-order valence-corrected chi connectivity index (χ3v) is 4.56. The van der Waals surface area contributed by atoms with Gasteiger partial charge in [-0.05, 0) is 34.7 Å². The number of ether oxygens (including phenoxy) is 3. The van der Waals surface area contributed by atoms with Crippen LogP contribution in [0.1, 0.15) is 5.56 Å². The van der Waals surface area contributed by atoms with E-state index < -0.39 is 23.7 Å². The van der Waals surface area contributed by atoms with E-state index in [-0.39, 0.29) is 38.9 Å². The van der Waals surface area contributed by atoms with Gasteiger partial charge in [-0.3, -0.25) is 0 Å². The molecular formula is C15H12ClF3INO5. The first kappa shape index (κ1) is 20.8. The van der Waals surface area contributed by atoms with Crippen molar-refractivity contribution in [1.29, 1.82) is 0 Å². The lowest BCUT2D eigenvalue weighted by molar-refractivity contribution is -0.140. The molecule has 0 saturated carbocycles. The number of nitrogens with zero attached hydrogens (tertiary/aromatic N) is 1. The number of anilines is 1. The van der Waals surface area contributed by atoms with Crippen LogP contribution in [0.15, 0.2) is 23.4 Å². The summed E-state index contributed by atoms with van der Waals surface area (Å²) in [6.45, 7) is -0.436. The average Bonchev–Trinajstić information content (AvgIpc) is 2.58. The first-order valence-electron chi connectivity index (χ1n) is 6.93. The van der Waals surface area contributed by atoms with Crippen LogP contribution in [0.5, 0.6) is 0 Å². The lowest BCUT2D eigenvalue weighted by Crippen LogP contribution is -2.39. The Morgan fingerprint density at radius 2 is 1.85 bits per heavy atom. The number of hydrogen-bond donors (Lipinski definition) is 0. The molecule has 0 fully saturated rings. The SMILES string of the molecule is COC(=O)C1=C(C(=O)OC)N(c2c(Cl)cc(C(F)(F)F)cc2I)COC1. The van der Waals surface area contributed by atoms with E-state index >= 15 is 0 Å². The van der Waals surface area contributed by atoms with Crippen LogP contribution in [-0.4, -0.2) is 39.5 Å². The van der Waals surface area contributed by atoms with Gasteiger partial charge in [-0.25, -0.2) is 9.59 Å². The van der Waals surface area contributed by atoms with E-state index in [9.17, 15) is 22.8 Å². The Labute approximate surface area is 165 Å². The summed E-state index contributed by atoms with van der Waals surface area (Å²) in [5.74, 6) is -1.70. The summed E-state index contributed by atoms with van der Waals surface area (Å²) in [6.07, 6.45) is -4.58. The maximum atomic E-state index is 13.0. The van der Waals surface area contributed by atoms with Gasteiger partial charge in [-0.2, -0.15) is 13.2 Å². The van der Waals surface area contributed by atoms with E-state index in [1.165, 1.54) is 4.90 Å². The van der Waals surface area contributed by atoms with E-state index in [1.807, 2.05) is 0 Å². The highest BCUT2D eigenvalue weighted by Gasteiger charge is 2.36. The van der Waals surface area contributed by atoms with Crippen LogP contribution in [0, 0.1) is 3.57 Å². The Morgan fingerprint density at radius 3 is 2.35 bits per heavy atom. The molecule has 0 spiro atoms. The minimum Gasteiger partial charge on any atom is -0.466 e. The summed E-state index contributed by atoms with van der Waals surface area (Å²) in [4.78, 5) is 25.4. The fraction of sp³-hybridized carbons (Fsp3) is 0.333. The quantitative estimate of drug-likeness (QED) is 0.464. The van der Waals surface area contributed by atoms with Crippen molar-refractivity contribution in [2.24, 2.45) is 0 Å². The maximum Gasteiger partial charge on any atom is 0.416 e. The summed E-state index contributed by atoms with van der Waals surface area (Å²) in [6, 6.07) is 1.61. The van der Waals surface area contributed by atoms with Crippen LogP contribution in [-0.2, 0) is 30.0 Å². The topological polar surface area (TPSA) is 65.1 Å². The molecule has 0 bridgehead atoms. The highest BCUT2D eigenvalue weighted by Crippen LogP contribution is 2.40. The fourth-order valence-corrected chi connectivity index (χ4v) is 3.71. The van der Waals surface area contributed by atoms with Gasteiger partial charge < -0.3 is 19.1 Å². The molecule has 0 aliphatic carbocycles. The number of esters is 2. The molecule has 142 valence electrons. The van der Waals surface area contributed by atoms with Crippen LogP contribution in [0.25, 0.3) is 0 Å². The van der Waals surface area contributed by atoms with E-state index in [4.69, 9.17) is 21.1 Å². The molecule has 0 aromatic heterocycles. The number of halogens is 5. The second-order valence-corrected chi connectivity index (χ2v) is 6.57. The van der Waals surface area contributed by atoms with Gasteiger partial charge in [0, 0.05) is 3.57 Å². The second-order valence-electron chi connectivity index (χ2n) is 5.00. The van der Waals surface area contributed by atoms with Crippen LogP contribution >= 0.6 is 34.2 Å². The van der Waals surface area contributed by atoms with Crippen molar-refractivity contribution in [2.45, 2.75) is 6.18 Å². The summed E-state index contributed by atoms with van der Waals surface area (Å²) in [7, 11) is 2.23. The Morgan fingerprint density at radius 1 is 1.23 bits per heavy atom. The number of benzene rings is 1. The van der Waals surface area contributed by atoms with Crippen molar-refractivity contribution in [3.8, 4) is 0 Å². The van der Waals surface area contributed by atoms with Crippen LogP contribution in [0.3, 0.4) is 0 Å². The molecule has 0 N–H and O–H groups in total. The Bertz CT molecular complexity index is 758. The molecule has 6 nitrogen and oxygen atoms in total. The number of hydrogen-bond acceptors (Lipinski definition) is 6.